The van der Waals surface area contributed by atoms with Gasteiger partial charge in [-0.2, -0.15) is 0 Å². The van der Waals surface area contributed by atoms with Crippen molar-refractivity contribution in [2.24, 2.45) is 11.5 Å². The molecule has 0 bridgehead atoms. The summed E-state index contributed by atoms with van der Waals surface area (Å²) in [6.07, 6.45) is 0. The van der Waals surface area contributed by atoms with Gasteiger partial charge in [0.15, 0.2) is 0 Å². The third kappa shape index (κ3) is 6.93. The second-order valence-electron chi connectivity index (χ2n) is 4.94. The Kier molecular flexibility index (Phi) is 9.49. The zero-order valence-corrected chi connectivity index (χ0v) is 14.9. The third-order valence-corrected chi connectivity index (χ3v) is 3.06. The maximum atomic E-state index is 8.90. The van der Waals surface area contributed by atoms with Gasteiger partial charge in [0.1, 0.15) is 11.5 Å². The Bertz CT molecular complexity index is 525. The molecule has 0 fully saturated rings. The lowest BCUT2D eigenvalue weighted by Gasteiger charge is -2.05. The van der Waals surface area contributed by atoms with Crippen molar-refractivity contribution >= 4 is 17.0 Å². The molecule has 0 aromatic heterocycles. The largest absolute Gasteiger partial charge is 0.508 e. The molecule has 5 N–H and O–H groups in total. The molecule has 0 aliphatic heterocycles. The smallest absolute Gasteiger partial charge is 0.118 e. The summed E-state index contributed by atoms with van der Waals surface area (Å²) in [5, 5.41) is 8.90. The van der Waals surface area contributed by atoms with Gasteiger partial charge in [-0.25, -0.2) is 0 Å². The molecule has 4 nitrogen and oxygen atoms in total. The van der Waals surface area contributed by atoms with E-state index in [1.807, 2.05) is 50.2 Å². The Morgan fingerprint density at radius 3 is 1.50 bits per heavy atom. The SMILES string of the molecule is Br.COc1ccc([C@H](C)N)cc1.C[C@H](N)c1ccc(O)cc1. The van der Waals surface area contributed by atoms with E-state index in [4.69, 9.17) is 21.3 Å². The van der Waals surface area contributed by atoms with E-state index < -0.39 is 0 Å². The molecule has 5 heteroatoms. The van der Waals surface area contributed by atoms with Gasteiger partial charge in [-0.1, -0.05) is 24.3 Å². The lowest BCUT2D eigenvalue weighted by atomic mass is 10.1. The summed E-state index contributed by atoms with van der Waals surface area (Å²) in [5.41, 5.74) is 13.4. The van der Waals surface area contributed by atoms with Gasteiger partial charge in [-0.3, -0.25) is 0 Å². The summed E-state index contributed by atoms with van der Waals surface area (Å²) < 4.78 is 5.01. The second-order valence-corrected chi connectivity index (χ2v) is 4.94. The van der Waals surface area contributed by atoms with Crippen molar-refractivity contribution in [1.29, 1.82) is 0 Å². The van der Waals surface area contributed by atoms with Crippen molar-refractivity contribution in [3.63, 3.8) is 0 Å². The number of phenolic OH excluding ortho intramolecular Hbond substituents is 1. The average molecular weight is 369 g/mol. The molecule has 122 valence electrons. The maximum Gasteiger partial charge on any atom is 0.118 e. The van der Waals surface area contributed by atoms with Gasteiger partial charge in [-0.05, 0) is 49.2 Å². The maximum absolute atomic E-state index is 8.90. The molecule has 0 spiro atoms. The second kappa shape index (κ2) is 10.2. The fraction of sp³-hybridized carbons (Fsp3) is 0.294. The van der Waals surface area contributed by atoms with Gasteiger partial charge in [0.2, 0.25) is 0 Å². The first-order valence-electron chi connectivity index (χ1n) is 6.88. The van der Waals surface area contributed by atoms with Crippen LogP contribution in [0.15, 0.2) is 48.5 Å². The highest BCUT2D eigenvalue weighted by atomic mass is 79.9. The fourth-order valence-electron chi connectivity index (χ4n) is 1.69. The van der Waals surface area contributed by atoms with Crippen molar-refractivity contribution in [2.45, 2.75) is 25.9 Å². The number of phenols is 1. The van der Waals surface area contributed by atoms with Crippen molar-refractivity contribution < 1.29 is 9.84 Å². The molecule has 2 rings (SSSR count). The molecule has 0 unspecified atom stereocenters. The topological polar surface area (TPSA) is 81.5 Å². The molecule has 22 heavy (non-hydrogen) atoms. The summed E-state index contributed by atoms with van der Waals surface area (Å²) in [7, 11) is 1.65. The van der Waals surface area contributed by atoms with Crippen LogP contribution in [0.2, 0.25) is 0 Å². The first-order chi connectivity index (χ1) is 9.93. The predicted molar refractivity (Wildman–Crippen MR) is 96.6 cm³/mol. The van der Waals surface area contributed by atoms with Crippen LogP contribution < -0.4 is 16.2 Å². The van der Waals surface area contributed by atoms with Gasteiger partial charge in [0, 0.05) is 12.1 Å². The first kappa shape index (κ1) is 20.4. The zero-order valence-electron chi connectivity index (χ0n) is 13.2. The highest BCUT2D eigenvalue weighted by molar-refractivity contribution is 8.93. The average Bonchev–Trinajstić information content (AvgIpc) is 2.48. The Balaban J connectivity index is 0.000000385. The van der Waals surface area contributed by atoms with Gasteiger partial charge >= 0.3 is 0 Å². The number of methoxy groups -OCH3 is 1. The first-order valence-corrected chi connectivity index (χ1v) is 6.88. The van der Waals surface area contributed by atoms with Crippen molar-refractivity contribution in [2.75, 3.05) is 7.11 Å². The van der Waals surface area contributed by atoms with Gasteiger partial charge < -0.3 is 21.3 Å². The molecular formula is C17H25BrN2O2. The van der Waals surface area contributed by atoms with E-state index in [1.165, 1.54) is 0 Å². The fourth-order valence-corrected chi connectivity index (χ4v) is 1.69. The normalized spacial score (nSPS) is 12.2. The Morgan fingerprint density at radius 2 is 1.18 bits per heavy atom. The Morgan fingerprint density at radius 1 is 0.818 bits per heavy atom. The minimum Gasteiger partial charge on any atom is -0.508 e. The van der Waals surface area contributed by atoms with E-state index in [0.717, 1.165) is 16.9 Å². The molecule has 2 aromatic rings. The molecule has 0 radical (unpaired) electrons. The minimum atomic E-state index is 0. The molecule has 2 atom stereocenters. The summed E-state index contributed by atoms with van der Waals surface area (Å²) in [6.45, 7) is 3.87. The standard InChI is InChI=1S/C9H13NO.C8H11NO.BrH/c1-7(10)8-3-5-9(11-2)6-4-8;1-6(9)7-2-4-8(10)5-3-7;/h3-7H,10H2,1-2H3;2-6,10H,9H2,1H3;1H/t7-;6-;/m00./s1. The Hall–Kier alpha value is -1.56. The number of ether oxygens (including phenoxy) is 1. The van der Waals surface area contributed by atoms with Gasteiger partial charge in [0.25, 0.3) is 0 Å². The molecular weight excluding hydrogens is 344 g/mol. The van der Waals surface area contributed by atoms with Crippen molar-refractivity contribution in [3.05, 3.63) is 59.7 Å². The van der Waals surface area contributed by atoms with E-state index in [1.54, 1.807) is 19.2 Å². The van der Waals surface area contributed by atoms with Crippen LogP contribution >= 0.6 is 17.0 Å². The summed E-state index contributed by atoms with van der Waals surface area (Å²) >= 11 is 0. The number of aromatic hydroxyl groups is 1. The minimum absolute atomic E-state index is 0. The number of benzene rings is 2. The highest BCUT2D eigenvalue weighted by Crippen LogP contribution is 2.15. The number of hydrogen-bond acceptors (Lipinski definition) is 4. The lowest BCUT2D eigenvalue weighted by molar-refractivity contribution is 0.414. The number of hydrogen-bond donors (Lipinski definition) is 3. The van der Waals surface area contributed by atoms with Crippen molar-refractivity contribution in [1.82, 2.24) is 0 Å². The quantitative estimate of drug-likeness (QED) is 0.771. The van der Waals surface area contributed by atoms with Crippen LogP contribution in [0.4, 0.5) is 0 Å². The van der Waals surface area contributed by atoms with E-state index in [2.05, 4.69) is 0 Å². The molecule has 0 aliphatic rings. The van der Waals surface area contributed by atoms with Gasteiger partial charge in [-0.15, -0.1) is 17.0 Å². The van der Waals surface area contributed by atoms with E-state index in [-0.39, 0.29) is 34.8 Å². The van der Waals surface area contributed by atoms with Crippen LogP contribution in [0.5, 0.6) is 11.5 Å². The summed E-state index contributed by atoms with van der Waals surface area (Å²) in [6, 6.07) is 14.8. The van der Waals surface area contributed by atoms with E-state index in [0.29, 0.717) is 0 Å². The van der Waals surface area contributed by atoms with Crippen LogP contribution in [-0.2, 0) is 0 Å². The highest BCUT2D eigenvalue weighted by Gasteiger charge is 1.98. The summed E-state index contributed by atoms with van der Waals surface area (Å²) in [4.78, 5) is 0. The lowest BCUT2D eigenvalue weighted by Crippen LogP contribution is -2.04. The van der Waals surface area contributed by atoms with Gasteiger partial charge in [0.05, 0.1) is 7.11 Å². The molecule has 0 amide bonds. The molecule has 0 aliphatic carbocycles. The summed E-state index contributed by atoms with van der Waals surface area (Å²) in [5.74, 6) is 1.15. The number of nitrogens with two attached hydrogens (primary N) is 2. The molecule has 0 saturated heterocycles. The number of rotatable bonds is 3. The van der Waals surface area contributed by atoms with Crippen molar-refractivity contribution in [3.8, 4) is 11.5 Å². The van der Waals surface area contributed by atoms with E-state index in [9.17, 15) is 0 Å². The third-order valence-electron chi connectivity index (χ3n) is 3.06. The van der Waals surface area contributed by atoms with Crippen LogP contribution in [0.1, 0.15) is 37.1 Å². The van der Waals surface area contributed by atoms with Crippen LogP contribution in [-0.4, -0.2) is 12.2 Å². The zero-order chi connectivity index (χ0) is 15.8. The molecule has 0 heterocycles. The Labute approximate surface area is 142 Å². The predicted octanol–water partition coefficient (Wildman–Crippen LogP) is 3.70. The van der Waals surface area contributed by atoms with Crippen LogP contribution in [0, 0.1) is 0 Å². The monoisotopic (exact) mass is 368 g/mol. The van der Waals surface area contributed by atoms with E-state index >= 15 is 0 Å². The number of halogens is 1. The van der Waals surface area contributed by atoms with Crippen LogP contribution in [0.3, 0.4) is 0 Å². The molecule has 0 saturated carbocycles. The van der Waals surface area contributed by atoms with Crippen LogP contribution in [0.25, 0.3) is 0 Å². The molecule has 2 aromatic carbocycles.